The molecular formula is C16H20Cl2N4O2. The topological polar surface area (TPSA) is 80.1 Å². The zero-order valence-corrected chi connectivity index (χ0v) is 14.7. The number of hydrogen-bond donors (Lipinski definition) is 2. The molecule has 1 aliphatic rings. The molecule has 130 valence electrons. The predicted octanol–water partition coefficient (Wildman–Crippen LogP) is 2.15. The van der Waals surface area contributed by atoms with E-state index in [4.69, 9.17) is 16.1 Å². The maximum absolute atomic E-state index is 11.9. The van der Waals surface area contributed by atoms with E-state index in [9.17, 15) is 4.79 Å². The molecule has 0 bridgehead atoms. The van der Waals surface area contributed by atoms with E-state index >= 15 is 0 Å². The molecule has 24 heavy (non-hydrogen) atoms. The van der Waals surface area contributed by atoms with Crippen molar-refractivity contribution in [2.75, 3.05) is 13.1 Å². The largest absolute Gasteiger partial charge is 0.354 e. The second kappa shape index (κ2) is 9.01. The molecule has 2 N–H and O–H groups in total. The Labute approximate surface area is 151 Å². The van der Waals surface area contributed by atoms with Gasteiger partial charge < -0.3 is 15.2 Å². The van der Waals surface area contributed by atoms with Crippen molar-refractivity contribution in [3.05, 3.63) is 46.6 Å². The number of amides is 1. The molecule has 6 nitrogen and oxygen atoms in total. The maximum atomic E-state index is 11.9. The quantitative estimate of drug-likeness (QED) is 0.814. The number of nitrogens with zero attached hydrogens (tertiary/aromatic N) is 2. The molecule has 1 aromatic carbocycles. The molecule has 1 atom stereocenters. The Balaban J connectivity index is 0.00000208. The van der Waals surface area contributed by atoms with Gasteiger partial charge in [-0.05, 0) is 37.1 Å². The van der Waals surface area contributed by atoms with Crippen LogP contribution in [0, 0.1) is 0 Å². The molecule has 1 saturated heterocycles. The fraction of sp³-hybridized carbons (Fsp3) is 0.438. The number of rotatable bonds is 6. The van der Waals surface area contributed by atoms with Crippen LogP contribution < -0.4 is 10.6 Å². The Morgan fingerprint density at radius 2 is 2.17 bits per heavy atom. The van der Waals surface area contributed by atoms with Crippen LogP contribution >= 0.6 is 24.0 Å². The minimum Gasteiger partial charge on any atom is -0.354 e. The molecule has 3 rings (SSSR count). The van der Waals surface area contributed by atoms with Gasteiger partial charge in [-0.1, -0.05) is 28.9 Å². The van der Waals surface area contributed by atoms with Crippen LogP contribution in [0.15, 0.2) is 28.8 Å². The van der Waals surface area contributed by atoms with Crippen molar-refractivity contribution in [2.45, 2.75) is 31.7 Å². The third-order valence-corrected chi connectivity index (χ3v) is 4.05. The monoisotopic (exact) mass is 370 g/mol. The Hall–Kier alpha value is -1.63. The van der Waals surface area contributed by atoms with Gasteiger partial charge in [-0.25, -0.2) is 0 Å². The van der Waals surface area contributed by atoms with Crippen LogP contribution in [0.4, 0.5) is 0 Å². The zero-order valence-electron chi connectivity index (χ0n) is 13.1. The number of aromatic nitrogens is 2. The highest BCUT2D eigenvalue weighted by molar-refractivity contribution is 6.30. The molecular weight excluding hydrogens is 351 g/mol. The lowest BCUT2D eigenvalue weighted by Crippen LogP contribution is -2.41. The lowest BCUT2D eigenvalue weighted by Gasteiger charge is -2.09. The smallest absolute Gasteiger partial charge is 0.237 e. The summed E-state index contributed by atoms with van der Waals surface area (Å²) in [7, 11) is 0. The normalized spacial score (nSPS) is 16.6. The average molecular weight is 371 g/mol. The van der Waals surface area contributed by atoms with Crippen LogP contribution in [0.2, 0.25) is 5.02 Å². The molecule has 2 aromatic rings. The second-order valence-corrected chi connectivity index (χ2v) is 6.03. The summed E-state index contributed by atoms with van der Waals surface area (Å²) >= 11 is 5.86. The highest BCUT2D eigenvalue weighted by atomic mass is 35.5. The number of carbonyl (C=O) groups is 1. The third-order valence-electron chi connectivity index (χ3n) is 3.80. The van der Waals surface area contributed by atoms with Crippen molar-refractivity contribution in [3.63, 3.8) is 0 Å². The van der Waals surface area contributed by atoms with Gasteiger partial charge in [0.2, 0.25) is 11.8 Å². The van der Waals surface area contributed by atoms with Gasteiger partial charge in [-0.2, -0.15) is 4.98 Å². The minimum absolute atomic E-state index is 0. The van der Waals surface area contributed by atoms with Gasteiger partial charge in [0, 0.05) is 24.4 Å². The van der Waals surface area contributed by atoms with Crippen molar-refractivity contribution < 1.29 is 9.32 Å². The Kier molecular flexibility index (Phi) is 7.02. The van der Waals surface area contributed by atoms with Crippen LogP contribution in [0.3, 0.4) is 0 Å². The van der Waals surface area contributed by atoms with Crippen LogP contribution in [0.25, 0.3) is 0 Å². The van der Waals surface area contributed by atoms with Crippen molar-refractivity contribution in [1.82, 2.24) is 20.8 Å². The average Bonchev–Trinajstić information content (AvgIpc) is 3.21. The Bertz CT molecular complexity index is 654. The highest BCUT2D eigenvalue weighted by Crippen LogP contribution is 2.12. The maximum Gasteiger partial charge on any atom is 0.237 e. The predicted molar refractivity (Wildman–Crippen MR) is 93.5 cm³/mol. The third kappa shape index (κ3) is 5.19. The van der Waals surface area contributed by atoms with Crippen molar-refractivity contribution >= 4 is 29.9 Å². The second-order valence-electron chi connectivity index (χ2n) is 5.60. The summed E-state index contributed by atoms with van der Waals surface area (Å²) in [6.45, 7) is 1.41. The first-order valence-electron chi connectivity index (χ1n) is 7.78. The van der Waals surface area contributed by atoms with Crippen molar-refractivity contribution in [1.29, 1.82) is 0 Å². The van der Waals surface area contributed by atoms with E-state index in [2.05, 4.69) is 20.8 Å². The Morgan fingerprint density at radius 3 is 2.88 bits per heavy atom. The molecule has 1 aromatic heterocycles. The van der Waals surface area contributed by atoms with E-state index < -0.39 is 0 Å². The van der Waals surface area contributed by atoms with Crippen LogP contribution in [0.5, 0.6) is 0 Å². The van der Waals surface area contributed by atoms with Gasteiger partial charge in [-0.3, -0.25) is 4.79 Å². The van der Waals surface area contributed by atoms with Crippen LogP contribution in [0.1, 0.15) is 30.1 Å². The van der Waals surface area contributed by atoms with E-state index in [0.717, 1.165) is 24.9 Å². The first kappa shape index (κ1) is 18.7. The van der Waals surface area contributed by atoms with E-state index in [0.29, 0.717) is 36.1 Å². The van der Waals surface area contributed by atoms with Gasteiger partial charge in [0.15, 0.2) is 5.82 Å². The van der Waals surface area contributed by atoms with Gasteiger partial charge >= 0.3 is 0 Å². The summed E-state index contributed by atoms with van der Waals surface area (Å²) in [5.74, 6) is 1.21. The first-order chi connectivity index (χ1) is 11.2. The van der Waals surface area contributed by atoms with E-state index in [1.807, 2.05) is 24.3 Å². The van der Waals surface area contributed by atoms with Crippen LogP contribution in [-0.2, 0) is 17.6 Å². The van der Waals surface area contributed by atoms with Crippen molar-refractivity contribution in [3.8, 4) is 0 Å². The molecule has 1 aliphatic heterocycles. The minimum atomic E-state index is -0.0573. The highest BCUT2D eigenvalue weighted by Gasteiger charge is 2.21. The fourth-order valence-electron chi connectivity index (χ4n) is 2.57. The van der Waals surface area contributed by atoms with Gasteiger partial charge in [0.25, 0.3) is 0 Å². The molecule has 0 saturated carbocycles. The van der Waals surface area contributed by atoms with E-state index in [1.165, 1.54) is 0 Å². The summed E-state index contributed by atoms with van der Waals surface area (Å²) in [6.07, 6.45) is 3.08. The molecule has 1 unspecified atom stereocenters. The lowest BCUT2D eigenvalue weighted by atomic mass is 10.1. The summed E-state index contributed by atoms with van der Waals surface area (Å²) in [4.78, 5) is 16.2. The first-order valence-corrected chi connectivity index (χ1v) is 8.15. The summed E-state index contributed by atoms with van der Waals surface area (Å²) in [5, 5.41) is 10.7. The summed E-state index contributed by atoms with van der Waals surface area (Å²) in [6, 6.07) is 7.49. The van der Waals surface area contributed by atoms with Gasteiger partial charge in [0.05, 0.1) is 6.04 Å². The summed E-state index contributed by atoms with van der Waals surface area (Å²) < 4.78 is 5.21. The zero-order chi connectivity index (χ0) is 16.1. The van der Waals surface area contributed by atoms with E-state index in [1.54, 1.807) is 0 Å². The number of benzene rings is 1. The van der Waals surface area contributed by atoms with E-state index in [-0.39, 0.29) is 24.4 Å². The number of hydrogen-bond acceptors (Lipinski definition) is 5. The number of halogens is 2. The number of nitrogens with one attached hydrogen (secondary N) is 2. The van der Waals surface area contributed by atoms with Gasteiger partial charge in [-0.15, -0.1) is 12.4 Å². The van der Waals surface area contributed by atoms with Crippen LogP contribution in [-0.4, -0.2) is 35.2 Å². The number of carbonyl (C=O) groups excluding carboxylic acids is 1. The standard InChI is InChI=1S/C16H19ClN4O2.ClH/c17-12-5-3-11(4-6-12)10-14-20-15(23-21-14)7-9-19-16(22)13-2-1-8-18-13;/h3-6,13,18H,1-2,7-10H2,(H,19,22);1H. The SMILES string of the molecule is Cl.O=C(NCCc1nc(Cc2ccc(Cl)cc2)no1)C1CCCN1. The summed E-state index contributed by atoms with van der Waals surface area (Å²) in [5.41, 5.74) is 1.07. The molecule has 0 spiro atoms. The molecule has 1 amide bonds. The Morgan fingerprint density at radius 1 is 1.38 bits per heavy atom. The molecule has 0 aliphatic carbocycles. The van der Waals surface area contributed by atoms with Crippen molar-refractivity contribution in [2.24, 2.45) is 0 Å². The lowest BCUT2D eigenvalue weighted by molar-refractivity contribution is -0.122. The molecule has 8 heteroatoms. The fourth-order valence-corrected chi connectivity index (χ4v) is 2.70. The van der Waals surface area contributed by atoms with Gasteiger partial charge in [0.1, 0.15) is 0 Å². The molecule has 0 radical (unpaired) electrons. The molecule has 2 heterocycles. The molecule has 1 fully saturated rings.